The summed E-state index contributed by atoms with van der Waals surface area (Å²) in [5.74, 6) is -0.583. The van der Waals surface area contributed by atoms with Gasteiger partial charge in [0.1, 0.15) is 11.3 Å². The Morgan fingerprint density at radius 1 is 1.27 bits per heavy atom. The van der Waals surface area contributed by atoms with Crippen molar-refractivity contribution in [3.8, 4) is 0 Å². The molecule has 2 aromatic rings. The van der Waals surface area contributed by atoms with Gasteiger partial charge in [0.25, 0.3) is 5.91 Å². The maximum absolute atomic E-state index is 12.1. The Hall–Kier alpha value is -2.27. The number of anilines is 1. The van der Waals surface area contributed by atoms with Crippen LogP contribution >= 0.6 is 11.6 Å². The Labute approximate surface area is 133 Å². The van der Waals surface area contributed by atoms with E-state index in [2.05, 4.69) is 5.32 Å². The number of esters is 1. The van der Waals surface area contributed by atoms with Gasteiger partial charge in [0, 0.05) is 10.7 Å². The van der Waals surface area contributed by atoms with Gasteiger partial charge in [0.05, 0.1) is 6.26 Å². The first-order chi connectivity index (χ1) is 10.4. The molecule has 0 aliphatic heterocycles. The van der Waals surface area contributed by atoms with Crippen molar-refractivity contribution in [1.29, 1.82) is 0 Å². The summed E-state index contributed by atoms with van der Waals surface area (Å²) in [6.07, 6.45) is 0.451. The molecular formula is C16H16ClNO4. The molecule has 0 aliphatic rings. The zero-order valence-corrected chi connectivity index (χ0v) is 13.2. The van der Waals surface area contributed by atoms with E-state index in [1.165, 1.54) is 19.3 Å². The first kappa shape index (κ1) is 16.1. The Morgan fingerprint density at radius 3 is 2.64 bits per heavy atom. The highest BCUT2D eigenvalue weighted by Crippen LogP contribution is 2.20. The van der Waals surface area contributed by atoms with Gasteiger partial charge in [-0.25, -0.2) is 4.79 Å². The molecule has 1 aromatic carbocycles. The van der Waals surface area contributed by atoms with Crippen molar-refractivity contribution in [2.24, 2.45) is 0 Å². The molecule has 22 heavy (non-hydrogen) atoms. The van der Waals surface area contributed by atoms with E-state index in [-0.39, 0.29) is 0 Å². The van der Waals surface area contributed by atoms with E-state index in [1.54, 1.807) is 25.1 Å². The summed E-state index contributed by atoms with van der Waals surface area (Å²) in [6.45, 7) is 5.00. The van der Waals surface area contributed by atoms with Crippen LogP contribution in [0.1, 0.15) is 28.6 Å². The second kappa shape index (κ2) is 6.66. The smallest absolute Gasteiger partial charge is 0.342 e. The SMILES string of the molecule is Cc1ccc(Cl)cc1NC(=O)[C@@H](C)OC(=O)c1ccoc1C. The topological polar surface area (TPSA) is 68.5 Å². The van der Waals surface area contributed by atoms with E-state index in [0.717, 1.165) is 5.56 Å². The predicted octanol–water partition coefficient (Wildman–Crippen LogP) is 3.73. The van der Waals surface area contributed by atoms with Crippen molar-refractivity contribution in [3.63, 3.8) is 0 Å². The number of aryl methyl sites for hydroxylation is 2. The van der Waals surface area contributed by atoms with Gasteiger partial charge in [0.2, 0.25) is 0 Å². The number of hydrogen-bond donors (Lipinski definition) is 1. The van der Waals surface area contributed by atoms with E-state index >= 15 is 0 Å². The fraction of sp³-hybridized carbons (Fsp3) is 0.250. The van der Waals surface area contributed by atoms with Crippen molar-refractivity contribution >= 4 is 29.2 Å². The molecule has 1 N–H and O–H groups in total. The lowest BCUT2D eigenvalue weighted by Gasteiger charge is -2.14. The highest BCUT2D eigenvalue weighted by Gasteiger charge is 2.21. The molecule has 0 fully saturated rings. The fourth-order valence-electron chi connectivity index (χ4n) is 1.84. The Balaban J connectivity index is 2.02. The number of furan rings is 1. The molecule has 0 aliphatic carbocycles. The lowest BCUT2D eigenvalue weighted by Crippen LogP contribution is -2.30. The van der Waals surface area contributed by atoms with Crippen LogP contribution in [0, 0.1) is 13.8 Å². The van der Waals surface area contributed by atoms with Crippen LogP contribution < -0.4 is 5.32 Å². The largest absolute Gasteiger partial charge is 0.469 e. The number of hydrogen-bond acceptors (Lipinski definition) is 4. The standard InChI is InChI=1S/C16H16ClNO4/c1-9-4-5-12(17)8-14(9)18-15(19)11(3)22-16(20)13-6-7-21-10(13)2/h4-8,11H,1-3H3,(H,18,19)/t11-/m1/s1. The number of halogens is 1. The average molecular weight is 322 g/mol. The Bertz CT molecular complexity index is 708. The molecule has 6 heteroatoms. The van der Waals surface area contributed by atoms with Crippen molar-refractivity contribution in [3.05, 3.63) is 52.4 Å². The molecule has 1 heterocycles. The summed E-state index contributed by atoms with van der Waals surface area (Å²) in [6, 6.07) is 6.67. The summed E-state index contributed by atoms with van der Waals surface area (Å²) in [7, 11) is 0. The highest BCUT2D eigenvalue weighted by molar-refractivity contribution is 6.31. The van der Waals surface area contributed by atoms with Gasteiger partial charge in [-0.2, -0.15) is 0 Å². The molecule has 0 radical (unpaired) electrons. The zero-order chi connectivity index (χ0) is 16.3. The molecule has 1 aromatic heterocycles. The normalized spacial score (nSPS) is 11.8. The minimum absolute atomic E-state index is 0.304. The third-order valence-electron chi connectivity index (χ3n) is 3.19. The van der Waals surface area contributed by atoms with E-state index < -0.39 is 18.0 Å². The van der Waals surface area contributed by atoms with Crippen LogP contribution in [-0.4, -0.2) is 18.0 Å². The van der Waals surface area contributed by atoms with Gasteiger partial charge in [-0.1, -0.05) is 17.7 Å². The Morgan fingerprint density at radius 2 is 2.00 bits per heavy atom. The van der Waals surface area contributed by atoms with Crippen molar-refractivity contribution in [2.45, 2.75) is 26.9 Å². The van der Waals surface area contributed by atoms with E-state index in [4.69, 9.17) is 20.8 Å². The molecule has 0 bridgehead atoms. The Kier molecular flexibility index (Phi) is 4.88. The second-order valence-corrected chi connectivity index (χ2v) is 5.32. The van der Waals surface area contributed by atoms with Crippen molar-refractivity contribution in [2.75, 3.05) is 5.32 Å². The van der Waals surface area contributed by atoms with E-state index in [1.807, 2.05) is 6.92 Å². The highest BCUT2D eigenvalue weighted by atomic mass is 35.5. The van der Waals surface area contributed by atoms with Crippen LogP contribution in [0.3, 0.4) is 0 Å². The number of benzene rings is 1. The van der Waals surface area contributed by atoms with Gasteiger partial charge >= 0.3 is 5.97 Å². The molecule has 5 nitrogen and oxygen atoms in total. The molecular weight excluding hydrogens is 306 g/mol. The summed E-state index contributed by atoms with van der Waals surface area (Å²) in [5.41, 5.74) is 1.75. The number of amides is 1. The number of carbonyl (C=O) groups is 2. The number of nitrogens with one attached hydrogen (secondary N) is 1. The maximum atomic E-state index is 12.1. The molecule has 2 rings (SSSR count). The minimum atomic E-state index is -0.944. The summed E-state index contributed by atoms with van der Waals surface area (Å²) in [5, 5.41) is 3.21. The number of carbonyl (C=O) groups excluding carboxylic acids is 2. The van der Waals surface area contributed by atoms with Crippen LogP contribution in [0.25, 0.3) is 0 Å². The summed E-state index contributed by atoms with van der Waals surface area (Å²) >= 11 is 5.90. The quantitative estimate of drug-likeness (QED) is 0.871. The summed E-state index contributed by atoms with van der Waals surface area (Å²) < 4.78 is 10.2. The predicted molar refractivity (Wildman–Crippen MR) is 83.1 cm³/mol. The molecule has 116 valence electrons. The average Bonchev–Trinajstić information content (AvgIpc) is 2.89. The molecule has 1 amide bonds. The maximum Gasteiger partial charge on any atom is 0.342 e. The number of rotatable bonds is 4. The second-order valence-electron chi connectivity index (χ2n) is 4.89. The molecule has 0 saturated carbocycles. The van der Waals surface area contributed by atoms with Gasteiger partial charge in [0.15, 0.2) is 6.10 Å². The van der Waals surface area contributed by atoms with Gasteiger partial charge in [-0.15, -0.1) is 0 Å². The third kappa shape index (κ3) is 3.68. The monoisotopic (exact) mass is 321 g/mol. The van der Waals surface area contributed by atoms with Crippen molar-refractivity contribution < 1.29 is 18.7 Å². The number of ether oxygens (including phenoxy) is 1. The minimum Gasteiger partial charge on any atom is -0.469 e. The summed E-state index contributed by atoms with van der Waals surface area (Å²) in [4.78, 5) is 24.0. The van der Waals surface area contributed by atoms with Crippen LogP contribution in [0.2, 0.25) is 5.02 Å². The van der Waals surface area contributed by atoms with Gasteiger partial charge in [-0.05, 0) is 44.5 Å². The first-order valence-electron chi connectivity index (χ1n) is 6.70. The van der Waals surface area contributed by atoms with Crippen LogP contribution in [0.15, 0.2) is 34.9 Å². The molecule has 0 saturated heterocycles. The van der Waals surface area contributed by atoms with Gasteiger partial charge < -0.3 is 14.5 Å². The first-order valence-corrected chi connectivity index (χ1v) is 7.08. The lowest BCUT2D eigenvalue weighted by atomic mass is 10.2. The third-order valence-corrected chi connectivity index (χ3v) is 3.42. The van der Waals surface area contributed by atoms with Crippen molar-refractivity contribution in [1.82, 2.24) is 0 Å². The van der Waals surface area contributed by atoms with Crippen LogP contribution in [-0.2, 0) is 9.53 Å². The van der Waals surface area contributed by atoms with Gasteiger partial charge in [-0.3, -0.25) is 4.79 Å². The van der Waals surface area contributed by atoms with E-state index in [0.29, 0.717) is 22.0 Å². The zero-order valence-electron chi connectivity index (χ0n) is 12.5. The van der Waals surface area contributed by atoms with Crippen LogP contribution in [0.5, 0.6) is 0 Å². The molecule has 0 spiro atoms. The fourth-order valence-corrected chi connectivity index (χ4v) is 2.01. The molecule has 0 unspecified atom stereocenters. The lowest BCUT2D eigenvalue weighted by molar-refractivity contribution is -0.123. The van der Waals surface area contributed by atoms with E-state index in [9.17, 15) is 9.59 Å². The molecule has 1 atom stereocenters. The van der Waals surface area contributed by atoms with Crippen LogP contribution in [0.4, 0.5) is 5.69 Å².